The molecule has 0 atom stereocenters. The van der Waals surface area contributed by atoms with Gasteiger partial charge in [0.2, 0.25) is 0 Å². The van der Waals surface area contributed by atoms with Crippen molar-refractivity contribution in [1.82, 2.24) is 0 Å². The fourth-order valence-electron chi connectivity index (χ4n) is 4.53. The first-order valence-electron chi connectivity index (χ1n) is 10.6. The van der Waals surface area contributed by atoms with Crippen LogP contribution in [0.25, 0.3) is 10.8 Å². The molecule has 1 saturated carbocycles. The van der Waals surface area contributed by atoms with E-state index in [0.29, 0.717) is 24.7 Å². The maximum absolute atomic E-state index is 14.8. The smallest absolute Gasteiger partial charge is 0.352 e. The van der Waals surface area contributed by atoms with Crippen molar-refractivity contribution in [2.45, 2.75) is 51.0 Å². The molecule has 1 aliphatic carbocycles. The topological polar surface area (TPSA) is 18.5 Å². The molecule has 1 saturated heterocycles. The molecular weight excluding hydrogens is 434 g/mol. The van der Waals surface area contributed by atoms with Crippen LogP contribution in [0.5, 0.6) is 0 Å². The fourth-order valence-corrected chi connectivity index (χ4v) is 4.53. The van der Waals surface area contributed by atoms with Crippen LogP contribution >= 0.6 is 0 Å². The highest BCUT2D eigenvalue weighted by Gasteiger charge is 2.32. The van der Waals surface area contributed by atoms with Crippen LogP contribution in [0.2, 0.25) is 0 Å². The molecule has 32 heavy (non-hydrogen) atoms. The highest BCUT2D eigenvalue weighted by molar-refractivity contribution is 5.86. The summed E-state index contributed by atoms with van der Waals surface area (Å²) >= 11 is 0. The van der Waals surface area contributed by atoms with E-state index in [9.17, 15) is 26.3 Å². The molecule has 0 radical (unpaired) electrons. The second-order valence-corrected chi connectivity index (χ2v) is 8.65. The molecule has 4 rings (SSSR count). The highest BCUT2D eigenvalue weighted by Crippen LogP contribution is 2.40. The molecule has 0 aromatic heterocycles. The van der Waals surface area contributed by atoms with Gasteiger partial charge in [-0.05, 0) is 54.7 Å². The molecule has 2 aliphatic rings. The maximum atomic E-state index is 14.8. The Morgan fingerprint density at radius 1 is 0.906 bits per heavy atom. The van der Waals surface area contributed by atoms with E-state index in [2.05, 4.69) is 6.92 Å². The third-order valence-corrected chi connectivity index (χ3v) is 6.15. The third kappa shape index (κ3) is 4.89. The second kappa shape index (κ2) is 8.95. The van der Waals surface area contributed by atoms with E-state index in [4.69, 9.17) is 9.47 Å². The van der Waals surface area contributed by atoms with Gasteiger partial charge in [0, 0.05) is 17.8 Å². The Bertz CT molecular complexity index is 1050. The van der Waals surface area contributed by atoms with Gasteiger partial charge >= 0.3 is 6.18 Å². The van der Waals surface area contributed by atoms with E-state index in [0.717, 1.165) is 37.7 Å². The Balaban J connectivity index is 1.56. The summed E-state index contributed by atoms with van der Waals surface area (Å²) in [5.41, 5.74) is -0.482. The normalized spacial score (nSPS) is 26.6. The molecule has 0 amide bonds. The minimum atomic E-state index is -4.92. The number of benzene rings is 2. The molecule has 2 fully saturated rings. The molecule has 8 heteroatoms. The first-order valence-corrected chi connectivity index (χ1v) is 10.6. The summed E-state index contributed by atoms with van der Waals surface area (Å²) in [7, 11) is 0. The third-order valence-electron chi connectivity index (χ3n) is 6.15. The van der Waals surface area contributed by atoms with Crippen LogP contribution in [0.4, 0.5) is 26.3 Å². The molecule has 1 heterocycles. The number of rotatable bonds is 2. The van der Waals surface area contributed by atoms with Crippen molar-refractivity contribution in [1.29, 1.82) is 0 Å². The number of ether oxygens (including phenoxy) is 2. The van der Waals surface area contributed by atoms with Crippen molar-refractivity contribution >= 4 is 10.8 Å². The number of halogens is 6. The van der Waals surface area contributed by atoms with Crippen LogP contribution in [-0.2, 0) is 9.47 Å². The molecule has 0 N–H and O–H groups in total. The zero-order chi connectivity index (χ0) is 23.0. The van der Waals surface area contributed by atoms with Gasteiger partial charge in [-0.2, -0.15) is 13.2 Å². The van der Waals surface area contributed by atoms with Gasteiger partial charge in [0.05, 0.1) is 24.2 Å². The zero-order valence-corrected chi connectivity index (χ0v) is 17.4. The van der Waals surface area contributed by atoms with Crippen LogP contribution in [-0.4, -0.2) is 25.7 Å². The highest BCUT2D eigenvalue weighted by atomic mass is 19.4. The summed E-state index contributed by atoms with van der Waals surface area (Å²) < 4.78 is 92.2. The standard InChI is InChI=1S/C24H22F6O2/c1-13-11-31-23(32-12-13)15-4-2-14(3-5-15)16-8-17-10-19(25)18(6-7-24(28,29)30)22(27)21(17)20(26)9-16/h8-10,13-15,23H,2-5,11-12H2,1H3. The van der Waals surface area contributed by atoms with E-state index in [1.165, 1.54) is 18.1 Å². The number of fused-ring (bicyclic) bond motifs is 1. The average molecular weight is 456 g/mol. The van der Waals surface area contributed by atoms with E-state index in [1.54, 1.807) is 0 Å². The quantitative estimate of drug-likeness (QED) is 0.382. The summed E-state index contributed by atoms with van der Waals surface area (Å²) in [6.07, 6.45) is -2.03. The van der Waals surface area contributed by atoms with Crippen LogP contribution in [0.3, 0.4) is 0 Å². The molecule has 2 nitrogen and oxygen atoms in total. The SMILES string of the molecule is CC1COC(C2CCC(c3cc(F)c4c(F)c(C#CC(F)(F)F)c(F)cc4c3)CC2)OC1. The molecular formula is C24H22F6O2. The lowest BCUT2D eigenvalue weighted by Gasteiger charge is -2.37. The van der Waals surface area contributed by atoms with Crippen molar-refractivity contribution in [3.8, 4) is 11.8 Å². The van der Waals surface area contributed by atoms with Crippen molar-refractivity contribution in [2.75, 3.05) is 13.2 Å². The second-order valence-electron chi connectivity index (χ2n) is 8.65. The van der Waals surface area contributed by atoms with Gasteiger partial charge in [-0.15, -0.1) is 0 Å². The first kappa shape index (κ1) is 22.9. The van der Waals surface area contributed by atoms with Gasteiger partial charge in [-0.25, -0.2) is 13.2 Å². The molecule has 0 unspecified atom stereocenters. The van der Waals surface area contributed by atoms with Crippen LogP contribution < -0.4 is 0 Å². The van der Waals surface area contributed by atoms with E-state index >= 15 is 0 Å². The number of hydrogen-bond donors (Lipinski definition) is 0. The predicted octanol–water partition coefficient (Wildman–Crippen LogP) is 6.45. The molecule has 172 valence electrons. The van der Waals surface area contributed by atoms with Crippen molar-refractivity contribution < 1.29 is 35.8 Å². The van der Waals surface area contributed by atoms with Crippen molar-refractivity contribution in [3.05, 3.63) is 46.8 Å². The van der Waals surface area contributed by atoms with E-state index in [1.807, 2.05) is 0 Å². The summed E-state index contributed by atoms with van der Waals surface area (Å²) in [5, 5.41) is -0.601. The summed E-state index contributed by atoms with van der Waals surface area (Å²) in [6.45, 7) is 3.37. The molecule has 2 aromatic rings. The largest absolute Gasteiger partial charge is 0.458 e. The summed E-state index contributed by atoms with van der Waals surface area (Å²) in [6, 6.07) is 3.53. The molecule has 0 bridgehead atoms. The maximum Gasteiger partial charge on any atom is 0.458 e. The van der Waals surface area contributed by atoms with Gasteiger partial charge in [0.15, 0.2) is 12.1 Å². The summed E-state index contributed by atoms with van der Waals surface area (Å²) in [5.74, 6) is -0.745. The average Bonchev–Trinajstić information content (AvgIpc) is 2.73. The lowest BCUT2D eigenvalue weighted by Crippen LogP contribution is -2.37. The fraction of sp³-hybridized carbons (Fsp3) is 0.500. The van der Waals surface area contributed by atoms with Crippen molar-refractivity contribution in [2.24, 2.45) is 11.8 Å². The Morgan fingerprint density at radius 3 is 2.19 bits per heavy atom. The Hall–Kier alpha value is -2.24. The monoisotopic (exact) mass is 456 g/mol. The Labute approximate surface area is 181 Å². The van der Waals surface area contributed by atoms with E-state index < -0.39 is 34.6 Å². The van der Waals surface area contributed by atoms with Crippen LogP contribution in [0, 0.1) is 41.1 Å². The van der Waals surface area contributed by atoms with Gasteiger partial charge in [0.1, 0.15) is 11.6 Å². The molecule has 0 spiro atoms. The van der Waals surface area contributed by atoms with Gasteiger partial charge < -0.3 is 9.47 Å². The Kier molecular flexibility index (Phi) is 6.42. The number of hydrogen-bond acceptors (Lipinski definition) is 2. The van der Waals surface area contributed by atoms with E-state index in [-0.39, 0.29) is 23.5 Å². The number of alkyl halides is 3. The molecule has 1 aliphatic heterocycles. The minimum Gasteiger partial charge on any atom is -0.352 e. The lowest BCUT2D eigenvalue weighted by molar-refractivity contribution is -0.226. The summed E-state index contributed by atoms with van der Waals surface area (Å²) in [4.78, 5) is 0. The lowest BCUT2D eigenvalue weighted by atomic mass is 9.78. The Morgan fingerprint density at radius 2 is 1.56 bits per heavy atom. The van der Waals surface area contributed by atoms with Gasteiger partial charge in [0.25, 0.3) is 0 Å². The van der Waals surface area contributed by atoms with Gasteiger partial charge in [-0.1, -0.05) is 18.9 Å². The molecule has 2 aromatic carbocycles. The first-order chi connectivity index (χ1) is 15.1. The van der Waals surface area contributed by atoms with Gasteiger partial charge in [-0.3, -0.25) is 0 Å². The van der Waals surface area contributed by atoms with Crippen molar-refractivity contribution in [3.63, 3.8) is 0 Å². The van der Waals surface area contributed by atoms with Crippen LogP contribution in [0.1, 0.15) is 49.7 Å². The minimum absolute atomic E-state index is 0.00323. The zero-order valence-electron chi connectivity index (χ0n) is 17.4. The van der Waals surface area contributed by atoms with Crippen LogP contribution in [0.15, 0.2) is 18.2 Å². The predicted molar refractivity (Wildman–Crippen MR) is 106 cm³/mol.